The number of hydrogen-bond acceptors (Lipinski definition) is 2. The predicted octanol–water partition coefficient (Wildman–Crippen LogP) is 3.57. The van der Waals surface area contributed by atoms with Crippen molar-refractivity contribution in [2.45, 2.75) is 40.7 Å². The van der Waals surface area contributed by atoms with Crippen molar-refractivity contribution in [3.63, 3.8) is 0 Å². The van der Waals surface area contributed by atoms with Crippen LogP contribution < -0.4 is 5.32 Å². The van der Waals surface area contributed by atoms with E-state index >= 15 is 0 Å². The lowest BCUT2D eigenvalue weighted by molar-refractivity contribution is -0.119. The highest BCUT2D eigenvalue weighted by atomic mass is 16.3. The molecule has 1 aromatic heterocycles. The van der Waals surface area contributed by atoms with Crippen LogP contribution in [0.25, 0.3) is 10.9 Å². The Morgan fingerprint density at radius 1 is 1.38 bits per heavy atom. The Balaban J connectivity index is 0.00000106. The molecule has 2 aromatic rings. The first-order chi connectivity index (χ1) is 10.0. The molecule has 1 heterocycles. The van der Waals surface area contributed by atoms with Crippen molar-refractivity contribution in [2.75, 3.05) is 0 Å². The Labute approximate surface area is 125 Å². The third kappa shape index (κ3) is 3.66. The van der Waals surface area contributed by atoms with Gasteiger partial charge in [0.05, 0.1) is 0 Å². The molecular formula is C17H24N2O2. The highest BCUT2D eigenvalue weighted by molar-refractivity contribution is 5.90. The number of aryl methyl sites for hydroxylation is 1. The molecule has 1 amide bonds. The van der Waals surface area contributed by atoms with Gasteiger partial charge in [0.1, 0.15) is 5.75 Å². The van der Waals surface area contributed by atoms with E-state index in [1.807, 2.05) is 26.8 Å². The Hall–Kier alpha value is -2.23. The van der Waals surface area contributed by atoms with Crippen molar-refractivity contribution in [2.24, 2.45) is 0 Å². The van der Waals surface area contributed by atoms with E-state index in [-0.39, 0.29) is 11.7 Å². The maximum absolute atomic E-state index is 11.1. The Bertz CT molecular complexity index is 642. The monoisotopic (exact) mass is 288 g/mol. The van der Waals surface area contributed by atoms with E-state index in [1.165, 1.54) is 6.92 Å². The van der Waals surface area contributed by atoms with Crippen LogP contribution >= 0.6 is 0 Å². The van der Waals surface area contributed by atoms with Gasteiger partial charge in [0, 0.05) is 35.6 Å². The number of benzene rings is 1. The van der Waals surface area contributed by atoms with Gasteiger partial charge in [-0.1, -0.05) is 19.9 Å². The van der Waals surface area contributed by atoms with Crippen LogP contribution in [0.3, 0.4) is 0 Å². The summed E-state index contributed by atoms with van der Waals surface area (Å²) in [6, 6.07) is 3.53. The summed E-state index contributed by atoms with van der Waals surface area (Å²) in [7, 11) is 0. The molecule has 0 saturated heterocycles. The maximum Gasteiger partial charge on any atom is 0.217 e. The topological polar surface area (TPSA) is 65.1 Å². The molecule has 0 spiro atoms. The molecule has 4 heteroatoms. The standard InChI is InChI=1S/C15H18N2O2.C2H6/c1-4-5-11-14(19)7-6-13-15(11)12(9(2)17-13)8-16-10(3)18;1-2/h4,6-7,17,19H,1,5,8H2,2-3H3,(H,16,18);1-2H3. The van der Waals surface area contributed by atoms with Crippen molar-refractivity contribution in [3.8, 4) is 5.75 Å². The van der Waals surface area contributed by atoms with Crippen molar-refractivity contribution >= 4 is 16.8 Å². The average molecular weight is 288 g/mol. The van der Waals surface area contributed by atoms with Crippen LogP contribution in [-0.4, -0.2) is 16.0 Å². The second-order valence-corrected chi connectivity index (χ2v) is 4.62. The highest BCUT2D eigenvalue weighted by Crippen LogP contribution is 2.32. The predicted molar refractivity (Wildman–Crippen MR) is 87.5 cm³/mol. The number of hydrogen-bond donors (Lipinski definition) is 3. The van der Waals surface area contributed by atoms with Gasteiger partial charge in [-0.05, 0) is 31.0 Å². The summed E-state index contributed by atoms with van der Waals surface area (Å²) in [5, 5.41) is 13.8. The van der Waals surface area contributed by atoms with E-state index in [1.54, 1.807) is 12.1 Å². The van der Waals surface area contributed by atoms with Gasteiger partial charge >= 0.3 is 0 Å². The zero-order valence-electron chi connectivity index (χ0n) is 13.2. The van der Waals surface area contributed by atoms with Gasteiger partial charge in [0.2, 0.25) is 5.91 Å². The molecule has 2 rings (SSSR count). The number of nitrogens with one attached hydrogen (secondary N) is 2. The number of phenols is 1. The van der Waals surface area contributed by atoms with Gasteiger partial charge in [-0.25, -0.2) is 0 Å². The Morgan fingerprint density at radius 3 is 2.62 bits per heavy atom. The molecule has 21 heavy (non-hydrogen) atoms. The van der Waals surface area contributed by atoms with Crippen molar-refractivity contribution in [1.29, 1.82) is 0 Å². The maximum atomic E-state index is 11.1. The molecule has 114 valence electrons. The summed E-state index contributed by atoms with van der Waals surface area (Å²) in [5.41, 5.74) is 3.82. The van der Waals surface area contributed by atoms with Gasteiger partial charge in [0.15, 0.2) is 0 Å². The van der Waals surface area contributed by atoms with E-state index in [0.717, 1.165) is 27.7 Å². The van der Waals surface area contributed by atoms with Crippen LogP contribution in [0.4, 0.5) is 0 Å². The smallest absolute Gasteiger partial charge is 0.217 e. The third-order valence-electron chi connectivity index (χ3n) is 3.23. The lowest BCUT2D eigenvalue weighted by Crippen LogP contribution is -2.19. The fourth-order valence-electron chi connectivity index (χ4n) is 2.34. The van der Waals surface area contributed by atoms with Gasteiger partial charge in [-0.15, -0.1) is 6.58 Å². The zero-order chi connectivity index (χ0) is 16.0. The molecule has 0 unspecified atom stereocenters. The third-order valence-corrected chi connectivity index (χ3v) is 3.23. The lowest BCUT2D eigenvalue weighted by atomic mass is 10.0. The normalized spacial score (nSPS) is 9.90. The first kappa shape index (κ1) is 16.8. The quantitative estimate of drug-likeness (QED) is 0.753. The molecule has 4 nitrogen and oxygen atoms in total. The molecule has 3 N–H and O–H groups in total. The van der Waals surface area contributed by atoms with E-state index < -0.39 is 0 Å². The van der Waals surface area contributed by atoms with Crippen LogP contribution in [0.5, 0.6) is 5.75 Å². The fourth-order valence-corrected chi connectivity index (χ4v) is 2.34. The Kier molecular flexibility index (Phi) is 6.03. The minimum Gasteiger partial charge on any atom is -0.508 e. The minimum absolute atomic E-state index is 0.0702. The number of carbonyl (C=O) groups is 1. The summed E-state index contributed by atoms with van der Waals surface area (Å²) in [6.07, 6.45) is 2.35. The largest absolute Gasteiger partial charge is 0.508 e. The van der Waals surface area contributed by atoms with E-state index in [9.17, 15) is 9.90 Å². The van der Waals surface area contributed by atoms with Crippen LogP contribution in [0.2, 0.25) is 0 Å². The number of aromatic hydroxyl groups is 1. The van der Waals surface area contributed by atoms with Gasteiger partial charge in [-0.3, -0.25) is 4.79 Å². The molecule has 0 radical (unpaired) electrons. The second-order valence-electron chi connectivity index (χ2n) is 4.62. The highest BCUT2D eigenvalue weighted by Gasteiger charge is 2.14. The van der Waals surface area contributed by atoms with E-state index in [2.05, 4.69) is 16.9 Å². The van der Waals surface area contributed by atoms with Crippen LogP contribution in [0, 0.1) is 6.92 Å². The number of amides is 1. The number of aromatic amines is 1. The molecule has 1 aromatic carbocycles. The molecule has 0 bridgehead atoms. The first-order valence-corrected chi connectivity index (χ1v) is 7.22. The second kappa shape index (κ2) is 7.53. The summed E-state index contributed by atoms with van der Waals surface area (Å²) < 4.78 is 0. The van der Waals surface area contributed by atoms with Gasteiger partial charge in [-0.2, -0.15) is 0 Å². The molecule has 0 aliphatic heterocycles. The van der Waals surface area contributed by atoms with Crippen LogP contribution in [-0.2, 0) is 17.8 Å². The Morgan fingerprint density at radius 2 is 2.05 bits per heavy atom. The fraction of sp³-hybridized carbons (Fsp3) is 0.353. The minimum atomic E-state index is -0.0702. The number of phenolic OH excluding ortho intramolecular Hbond substituents is 1. The molecule has 0 saturated carbocycles. The summed E-state index contributed by atoms with van der Waals surface area (Å²) in [4.78, 5) is 14.4. The number of aromatic nitrogens is 1. The van der Waals surface area contributed by atoms with Gasteiger partial charge in [0.25, 0.3) is 0 Å². The van der Waals surface area contributed by atoms with Gasteiger partial charge < -0.3 is 15.4 Å². The molecular weight excluding hydrogens is 264 g/mol. The number of carbonyl (C=O) groups excluding carboxylic acids is 1. The van der Waals surface area contributed by atoms with Crippen LogP contribution in [0.1, 0.15) is 37.6 Å². The van der Waals surface area contributed by atoms with Crippen molar-refractivity contribution < 1.29 is 9.90 Å². The number of allylic oxidation sites excluding steroid dienone is 1. The van der Waals surface area contributed by atoms with Crippen molar-refractivity contribution in [1.82, 2.24) is 10.3 Å². The lowest BCUT2D eigenvalue weighted by Gasteiger charge is -2.08. The van der Waals surface area contributed by atoms with Crippen LogP contribution in [0.15, 0.2) is 24.8 Å². The first-order valence-electron chi connectivity index (χ1n) is 7.22. The van der Waals surface area contributed by atoms with E-state index in [0.29, 0.717) is 13.0 Å². The average Bonchev–Trinajstić information content (AvgIpc) is 2.78. The summed E-state index contributed by atoms with van der Waals surface area (Å²) in [5.74, 6) is 0.189. The van der Waals surface area contributed by atoms with E-state index in [4.69, 9.17) is 0 Å². The zero-order valence-corrected chi connectivity index (χ0v) is 13.2. The summed E-state index contributed by atoms with van der Waals surface area (Å²) in [6.45, 7) is 11.6. The van der Waals surface area contributed by atoms with Crippen molar-refractivity contribution in [3.05, 3.63) is 41.6 Å². The number of H-pyrrole nitrogens is 1. The molecule has 0 aliphatic rings. The molecule has 0 atom stereocenters. The molecule has 0 aliphatic carbocycles. The number of rotatable bonds is 4. The summed E-state index contributed by atoms with van der Waals surface area (Å²) >= 11 is 0. The number of fused-ring (bicyclic) bond motifs is 1. The SMILES string of the molecule is C=CCc1c(O)ccc2[nH]c(C)c(CNC(C)=O)c12.CC. The molecule has 0 fully saturated rings.